The Labute approximate surface area is 196 Å². The summed E-state index contributed by atoms with van der Waals surface area (Å²) in [4.78, 5) is 27.8. The van der Waals surface area contributed by atoms with Gasteiger partial charge in [0.25, 0.3) is 0 Å². The number of rotatable bonds is 10. The number of carbonyl (C=O) groups is 2. The summed E-state index contributed by atoms with van der Waals surface area (Å²) in [5, 5.41) is 5.80. The lowest BCUT2D eigenvalue weighted by Crippen LogP contribution is -2.51. The summed E-state index contributed by atoms with van der Waals surface area (Å²) in [5.74, 6) is 0.515. The summed E-state index contributed by atoms with van der Waals surface area (Å²) in [6.07, 6.45) is 1.72. The SMILES string of the molecule is COc1ccc(C(CNC(=O)[C@@H](NC(=O)OCc2ccccc2)C(C)C)N2CCCC2)cc1. The zero-order chi connectivity index (χ0) is 23.6. The number of hydrogen-bond acceptors (Lipinski definition) is 5. The van der Waals surface area contributed by atoms with Crippen LogP contribution in [0.4, 0.5) is 4.79 Å². The van der Waals surface area contributed by atoms with Gasteiger partial charge < -0.3 is 20.1 Å². The second kappa shape index (κ2) is 12.3. The minimum Gasteiger partial charge on any atom is -0.497 e. The summed E-state index contributed by atoms with van der Waals surface area (Å²) in [6, 6.07) is 16.8. The Kier molecular flexibility index (Phi) is 9.13. The molecule has 0 aromatic heterocycles. The van der Waals surface area contributed by atoms with Crippen molar-refractivity contribution >= 4 is 12.0 Å². The van der Waals surface area contributed by atoms with E-state index in [1.807, 2.05) is 68.4 Å². The molecule has 1 aliphatic rings. The highest BCUT2D eigenvalue weighted by Gasteiger charge is 2.28. The molecule has 7 heteroatoms. The summed E-state index contributed by atoms with van der Waals surface area (Å²) >= 11 is 0. The first-order valence-corrected chi connectivity index (χ1v) is 11.6. The van der Waals surface area contributed by atoms with Gasteiger partial charge in [-0.2, -0.15) is 0 Å². The molecule has 2 aromatic rings. The third-order valence-corrected chi connectivity index (χ3v) is 5.99. The van der Waals surface area contributed by atoms with Crippen LogP contribution in [0.15, 0.2) is 54.6 Å². The highest BCUT2D eigenvalue weighted by Crippen LogP contribution is 2.26. The predicted octanol–water partition coefficient (Wildman–Crippen LogP) is 3.90. The fourth-order valence-corrected chi connectivity index (χ4v) is 4.07. The summed E-state index contributed by atoms with van der Waals surface area (Å²) < 4.78 is 10.6. The Morgan fingerprint density at radius 2 is 1.67 bits per heavy atom. The second-order valence-electron chi connectivity index (χ2n) is 8.70. The first-order chi connectivity index (χ1) is 16.0. The maximum Gasteiger partial charge on any atom is 0.408 e. The molecule has 0 saturated carbocycles. The van der Waals surface area contributed by atoms with Gasteiger partial charge in [0.2, 0.25) is 5.91 Å². The van der Waals surface area contributed by atoms with Crippen LogP contribution in [0.25, 0.3) is 0 Å². The van der Waals surface area contributed by atoms with E-state index in [9.17, 15) is 9.59 Å². The van der Waals surface area contributed by atoms with Crippen LogP contribution in [-0.4, -0.2) is 49.7 Å². The van der Waals surface area contributed by atoms with E-state index in [1.54, 1.807) is 7.11 Å². The maximum absolute atomic E-state index is 13.0. The molecule has 2 aromatic carbocycles. The highest BCUT2D eigenvalue weighted by atomic mass is 16.5. The van der Waals surface area contributed by atoms with Crippen LogP contribution in [0.2, 0.25) is 0 Å². The minimum absolute atomic E-state index is 0.0696. The monoisotopic (exact) mass is 453 g/mol. The smallest absolute Gasteiger partial charge is 0.408 e. The largest absolute Gasteiger partial charge is 0.497 e. The van der Waals surface area contributed by atoms with Crippen molar-refractivity contribution in [3.05, 3.63) is 65.7 Å². The molecule has 2 N–H and O–H groups in total. The number of nitrogens with one attached hydrogen (secondary N) is 2. The molecule has 2 atom stereocenters. The van der Waals surface area contributed by atoms with Gasteiger partial charge in [-0.15, -0.1) is 0 Å². The summed E-state index contributed by atoms with van der Waals surface area (Å²) in [7, 11) is 1.65. The summed E-state index contributed by atoms with van der Waals surface area (Å²) in [5.41, 5.74) is 2.03. The lowest BCUT2D eigenvalue weighted by atomic mass is 10.0. The normalized spacial score (nSPS) is 15.6. The van der Waals surface area contributed by atoms with Gasteiger partial charge >= 0.3 is 6.09 Å². The molecule has 33 heavy (non-hydrogen) atoms. The number of ether oxygens (including phenoxy) is 2. The van der Waals surface area contributed by atoms with E-state index in [0.29, 0.717) is 6.54 Å². The van der Waals surface area contributed by atoms with Crippen LogP contribution in [-0.2, 0) is 16.1 Å². The Morgan fingerprint density at radius 3 is 2.27 bits per heavy atom. The van der Waals surface area contributed by atoms with Crippen LogP contribution >= 0.6 is 0 Å². The first-order valence-electron chi connectivity index (χ1n) is 11.6. The number of nitrogens with zero attached hydrogens (tertiary/aromatic N) is 1. The molecule has 1 unspecified atom stereocenters. The quantitative estimate of drug-likeness (QED) is 0.570. The van der Waals surface area contributed by atoms with Crippen LogP contribution in [0, 0.1) is 5.92 Å². The van der Waals surface area contributed by atoms with Gasteiger partial charge in [0.05, 0.1) is 13.2 Å². The van der Waals surface area contributed by atoms with E-state index in [-0.39, 0.29) is 24.5 Å². The summed E-state index contributed by atoms with van der Waals surface area (Å²) in [6.45, 7) is 6.45. The van der Waals surface area contributed by atoms with Crippen molar-refractivity contribution in [3.8, 4) is 5.75 Å². The van der Waals surface area contributed by atoms with Crippen LogP contribution in [0.1, 0.15) is 43.9 Å². The number of benzene rings is 2. The van der Waals surface area contributed by atoms with E-state index in [1.165, 1.54) is 0 Å². The van der Waals surface area contributed by atoms with Gasteiger partial charge in [0, 0.05) is 6.54 Å². The molecular formula is C26H35N3O4. The van der Waals surface area contributed by atoms with Crippen molar-refractivity contribution in [1.29, 1.82) is 0 Å². The number of amides is 2. The Morgan fingerprint density at radius 1 is 1.00 bits per heavy atom. The number of methoxy groups -OCH3 is 1. The minimum atomic E-state index is -0.677. The van der Waals surface area contributed by atoms with Crippen molar-refractivity contribution in [2.45, 2.75) is 45.4 Å². The fraction of sp³-hybridized carbons (Fsp3) is 0.462. The van der Waals surface area contributed by atoms with Crippen LogP contribution in [0.5, 0.6) is 5.75 Å². The molecule has 0 bridgehead atoms. The van der Waals surface area contributed by atoms with E-state index in [2.05, 4.69) is 15.5 Å². The standard InChI is InChI=1S/C26H35N3O4/c1-19(2)24(28-26(31)33-18-20-9-5-4-6-10-20)25(30)27-17-23(29-15-7-8-16-29)21-11-13-22(32-3)14-12-21/h4-6,9-14,19,23-24H,7-8,15-18H2,1-3H3,(H,27,30)(H,28,31)/t23?,24-/m0/s1. The molecule has 0 spiro atoms. The average molecular weight is 454 g/mol. The molecule has 0 aliphatic carbocycles. The van der Waals surface area contributed by atoms with E-state index < -0.39 is 12.1 Å². The predicted molar refractivity (Wildman–Crippen MR) is 128 cm³/mol. The van der Waals surface area contributed by atoms with Gasteiger partial charge in [-0.25, -0.2) is 4.79 Å². The third kappa shape index (κ3) is 7.22. The number of hydrogen-bond donors (Lipinski definition) is 2. The Hall–Kier alpha value is -3.06. The van der Waals surface area contributed by atoms with Crippen molar-refractivity contribution in [2.75, 3.05) is 26.7 Å². The highest BCUT2D eigenvalue weighted by molar-refractivity contribution is 5.85. The maximum atomic E-state index is 13.0. The van der Waals surface area contributed by atoms with Crippen molar-refractivity contribution in [2.24, 2.45) is 5.92 Å². The van der Waals surface area contributed by atoms with Gasteiger partial charge in [-0.3, -0.25) is 9.69 Å². The molecule has 178 valence electrons. The molecule has 7 nitrogen and oxygen atoms in total. The molecular weight excluding hydrogens is 418 g/mol. The molecule has 1 fully saturated rings. The van der Waals surface area contributed by atoms with E-state index in [0.717, 1.165) is 42.8 Å². The topological polar surface area (TPSA) is 79.9 Å². The van der Waals surface area contributed by atoms with Gasteiger partial charge in [-0.1, -0.05) is 56.3 Å². The lowest BCUT2D eigenvalue weighted by molar-refractivity contribution is -0.124. The fourth-order valence-electron chi connectivity index (χ4n) is 4.07. The number of alkyl carbamates (subject to hydrolysis) is 1. The molecule has 2 amide bonds. The van der Waals surface area contributed by atoms with Gasteiger partial charge in [0.1, 0.15) is 18.4 Å². The third-order valence-electron chi connectivity index (χ3n) is 5.99. The molecule has 0 radical (unpaired) electrons. The Balaban J connectivity index is 1.59. The molecule has 3 rings (SSSR count). The molecule has 1 saturated heterocycles. The van der Waals surface area contributed by atoms with E-state index >= 15 is 0 Å². The van der Waals surface area contributed by atoms with Crippen LogP contribution < -0.4 is 15.4 Å². The van der Waals surface area contributed by atoms with E-state index in [4.69, 9.17) is 9.47 Å². The zero-order valence-corrected chi connectivity index (χ0v) is 19.8. The van der Waals surface area contributed by atoms with Gasteiger partial charge in [0.15, 0.2) is 0 Å². The molecule has 1 heterocycles. The molecule has 1 aliphatic heterocycles. The van der Waals surface area contributed by atoms with Crippen LogP contribution in [0.3, 0.4) is 0 Å². The zero-order valence-electron chi connectivity index (χ0n) is 19.8. The Bertz CT molecular complexity index is 880. The first kappa shape index (κ1) is 24.6. The second-order valence-corrected chi connectivity index (χ2v) is 8.70. The van der Waals surface area contributed by atoms with Gasteiger partial charge in [-0.05, 0) is 55.1 Å². The van der Waals surface area contributed by atoms with Crippen molar-refractivity contribution < 1.29 is 19.1 Å². The average Bonchev–Trinajstić information content (AvgIpc) is 3.36. The lowest BCUT2D eigenvalue weighted by Gasteiger charge is -2.29. The van der Waals surface area contributed by atoms with Crippen molar-refractivity contribution in [1.82, 2.24) is 15.5 Å². The van der Waals surface area contributed by atoms with Crippen molar-refractivity contribution in [3.63, 3.8) is 0 Å². The number of likely N-dealkylation sites (tertiary alicyclic amines) is 1. The number of carbonyl (C=O) groups excluding carboxylic acids is 2.